The summed E-state index contributed by atoms with van der Waals surface area (Å²) in [6.07, 6.45) is 66.9. The molecule has 0 fully saturated rings. The third-order valence-electron chi connectivity index (χ3n) is 14.5. The number of allylic oxidation sites excluding steroid dienone is 5. The Bertz CT molecular complexity index is 1380. The number of esters is 1. The largest absolute Gasteiger partial charge is 0.756 e. The quantitative estimate of drug-likeness (QED) is 0.0212. The highest BCUT2D eigenvalue weighted by Gasteiger charge is 2.27. The molecule has 0 heterocycles. The summed E-state index contributed by atoms with van der Waals surface area (Å²) in [6.45, 7) is 6.86. The monoisotopic (exact) mass is 1080 g/mol. The highest BCUT2D eigenvalue weighted by atomic mass is 31.2. The summed E-state index contributed by atoms with van der Waals surface area (Å²) in [5.74, 6) is -0.547. The van der Waals surface area contributed by atoms with Crippen LogP contribution in [0.4, 0.5) is 0 Å². The van der Waals surface area contributed by atoms with Crippen molar-refractivity contribution in [3.63, 3.8) is 0 Å². The van der Waals surface area contributed by atoms with Gasteiger partial charge in [0.15, 0.2) is 0 Å². The number of nitrogens with zero attached hydrogens (tertiary/aromatic N) is 1. The topological polar surface area (TPSA) is 114 Å². The molecule has 0 aromatic heterocycles. The van der Waals surface area contributed by atoms with Gasteiger partial charge < -0.3 is 28.5 Å². The van der Waals surface area contributed by atoms with Gasteiger partial charge in [0, 0.05) is 12.8 Å². The number of carbonyl (C=O) groups excluding carboxylic acids is 2. The lowest BCUT2D eigenvalue weighted by Crippen LogP contribution is -2.47. The molecule has 9 nitrogen and oxygen atoms in total. The zero-order chi connectivity index (χ0) is 55.0. The Morgan fingerprint density at radius 3 is 1.15 bits per heavy atom. The number of quaternary nitrogens is 1. The highest BCUT2D eigenvalue weighted by molar-refractivity contribution is 7.45. The van der Waals surface area contributed by atoms with Crippen LogP contribution in [0.5, 0.6) is 0 Å². The van der Waals surface area contributed by atoms with Crippen LogP contribution in [0.3, 0.4) is 0 Å². The average molecular weight is 1080 g/mol. The van der Waals surface area contributed by atoms with E-state index in [2.05, 4.69) is 50.4 Å². The molecule has 0 aliphatic carbocycles. The minimum absolute atomic E-state index is 0.0225. The van der Waals surface area contributed by atoms with Crippen LogP contribution in [0.1, 0.15) is 316 Å². The number of rotatable bonds is 59. The molecule has 0 rings (SSSR count). The van der Waals surface area contributed by atoms with Crippen molar-refractivity contribution in [3.8, 4) is 0 Å². The van der Waals surface area contributed by atoms with Crippen LogP contribution in [-0.2, 0) is 27.9 Å². The number of hydrogen-bond acceptors (Lipinski definition) is 7. The number of ether oxygens (including phenoxy) is 1. The fourth-order valence-corrected chi connectivity index (χ4v) is 10.2. The van der Waals surface area contributed by atoms with Gasteiger partial charge in [-0.2, -0.15) is 0 Å². The molecule has 0 aliphatic heterocycles. The predicted octanol–water partition coefficient (Wildman–Crippen LogP) is 19.3. The molecular weight excluding hydrogens is 952 g/mol. The van der Waals surface area contributed by atoms with Gasteiger partial charge in [0.1, 0.15) is 19.3 Å². The van der Waals surface area contributed by atoms with Gasteiger partial charge in [-0.25, -0.2) is 0 Å². The van der Waals surface area contributed by atoms with Gasteiger partial charge in [-0.3, -0.25) is 14.2 Å². The number of nitrogens with one attached hydrogen (secondary N) is 1. The molecule has 0 aromatic rings. The second-order valence-corrected chi connectivity index (χ2v) is 24.7. The summed E-state index contributed by atoms with van der Waals surface area (Å²) >= 11 is 0. The first-order valence-corrected chi connectivity index (χ1v) is 33.8. The molecule has 3 unspecified atom stereocenters. The first-order valence-electron chi connectivity index (χ1n) is 32.3. The van der Waals surface area contributed by atoms with E-state index in [1.165, 1.54) is 212 Å². The van der Waals surface area contributed by atoms with E-state index < -0.39 is 20.0 Å². The van der Waals surface area contributed by atoms with E-state index in [0.29, 0.717) is 23.9 Å². The van der Waals surface area contributed by atoms with Gasteiger partial charge in [-0.05, 0) is 83.1 Å². The Kier molecular flexibility index (Phi) is 54.2. The second-order valence-electron chi connectivity index (χ2n) is 23.3. The van der Waals surface area contributed by atoms with Crippen molar-refractivity contribution in [2.75, 3.05) is 40.9 Å². The maximum atomic E-state index is 13.5. The van der Waals surface area contributed by atoms with Crippen LogP contribution >= 0.6 is 7.82 Å². The molecule has 0 aliphatic rings. The maximum absolute atomic E-state index is 13.5. The van der Waals surface area contributed by atoms with Gasteiger partial charge in [0.05, 0.1) is 33.8 Å². The Hall–Kier alpha value is -1.77. The summed E-state index contributed by atoms with van der Waals surface area (Å²) in [5, 5.41) is 3.03. The van der Waals surface area contributed by atoms with Crippen LogP contribution in [0, 0.1) is 0 Å². The number of hydrogen-bond donors (Lipinski definition) is 1. The molecule has 75 heavy (non-hydrogen) atoms. The van der Waals surface area contributed by atoms with E-state index >= 15 is 0 Å². The fourth-order valence-electron chi connectivity index (χ4n) is 9.51. The van der Waals surface area contributed by atoms with Gasteiger partial charge >= 0.3 is 5.97 Å². The first kappa shape index (κ1) is 73.2. The molecule has 1 N–H and O–H groups in total. The van der Waals surface area contributed by atoms with Gasteiger partial charge in [-0.1, -0.05) is 257 Å². The normalized spacial score (nSPS) is 13.9. The van der Waals surface area contributed by atoms with Crippen LogP contribution in [0.25, 0.3) is 0 Å². The smallest absolute Gasteiger partial charge is 0.306 e. The molecular formula is C65H125N2O7P. The van der Waals surface area contributed by atoms with Crippen LogP contribution in [-0.4, -0.2) is 69.4 Å². The summed E-state index contributed by atoms with van der Waals surface area (Å²) in [4.78, 5) is 40.0. The Labute approximate surface area is 466 Å². The SMILES string of the molecule is CCCCCCCC/C=C/CCCCCCCCCCCCCCCC(=O)NC(COP(=O)([O-])OCC[N+](C)(C)C)C(/C=C\CCCCCCCCCCCC)OC(=O)CCCCC/C=C\CCCCCCCCC. The van der Waals surface area contributed by atoms with Crippen molar-refractivity contribution >= 4 is 19.7 Å². The number of unbranched alkanes of at least 4 members (excludes halogenated alkanes) is 39. The molecule has 0 aromatic carbocycles. The van der Waals surface area contributed by atoms with Crippen LogP contribution in [0.15, 0.2) is 36.5 Å². The third kappa shape index (κ3) is 56.8. The number of likely N-dealkylation sites (N-methyl/N-ethyl adjacent to an activating group) is 1. The van der Waals surface area contributed by atoms with E-state index in [4.69, 9.17) is 13.8 Å². The van der Waals surface area contributed by atoms with Gasteiger partial charge in [0.2, 0.25) is 5.91 Å². The number of carbonyl (C=O) groups is 2. The first-order chi connectivity index (χ1) is 36.4. The molecule has 442 valence electrons. The molecule has 0 saturated heterocycles. The van der Waals surface area contributed by atoms with E-state index in [1.807, 2.05) is 33.3 Å². The summed E-state index contributed by atoms with van der Waals surface area (Å²) < 4.78 is 30.3. The minimum Gasteiger partial charge on any atom is -0.756 e. The summed E-state index contributed by atoms with van der Waals surface area (Å²) in [5.41, 5.74) is 0. The molecule has 0 spiro atoms. The number of phosphoric acid groups is 1. The molecule has 0 radical (unpaired) electrons. The zero-order valence-corrected chi connectivity index (χ0v) is 51.4. The fraction of sp³-hybridized carbons (Fsp3) is 0.877. The van der Waals surface area contributed by atoms with Crippen molar-refractivity contribution < 1.29 is 37.3 Å². The Morgan fingerprint density at radius 2 is 0.773 bits per heavy atom. The van der Waals surface area contributed by atoms with E-state index in [0.717, 1.165) is 64.2 Å². The van der Waals surface area contributed by atoms with E-state index in [9.17, 15) is 19.0 Å². The molecule has 1 amide bonds. The summed E-state index contributed by atoms with van der Waals surface area (Å²) in [6, 6.07) is -0.891. The lowest BCUT2D eigenvalue weighted by atomic mass is 10.0. The standard InChI is InChI=1S/C65H125N2O7P/c1-7-10-13-16-19-22-25-28-30-31-32-33-34-35-36-37-38-39-42-45-48-51-54-57-64(68)66-62(61-73-75(70,71)72-60-59-67(4,5)6)63(56-53-50-47-44-41-27-24-21-18-15-12-9-3)74-65(69)58-55-52-49-46-43-40-29-26-23-20-17-14-11-8-2/h28,30,40,43,53,56,62-63H,7-27,29,31-39,41-42,44-52,54-55,57-61H2,1-6H3,(H-,66,68,70,71)/b30-28+,43-40-,56-53-. The summed E-state index contributed by atoms with van der Waals surface area (Å²) in [7, 11) is 1.19. The molecule has 0 saturated carbocycles. The van der Waals surface area contributed by atoms with Crippen LogP contribution in [0.2, 0.25) is 0 Å². The Balaban J connectivity index is 5.13. The van der Waals surface area contributed by atoms with Gasteiger partial charge in [0.25, 0.3) is 7.82 Å². The highest BCUT2D eigenvalue weighted by Crippen LogP contribution is 2.38. The second kappa shape index (κ2) is 55.5. The molecule has 10 heteroatoms. The van der Waals surface area contributed by atoms with Gasteiger partial charge in [-0.15, -0.1) is 0 Å². The lowest BCUT2D eigenvalue weighted by Gasteiger charge is -2.30. The van der Waals surface area contributed by atoms with Crippen molar-refractivity contribution in [2.24, 2.45) is 0 Å². The van der Waals surface area contributed by atoms with Crippen molar-refractivity contribution in [2.45, 2.75) is 328 Å². The molecule has 3 atom stereocenters. The molecule has 0 bridgehead atoms. The van der Waals surface area contributed by atoms with Crippen molar-refractivity contribution in [1.29, 1.82) is 0 Å². The lowest BCUT2D eigenvalue weighted by molar-refractivity contribution is -0.870. The maximum Gasteiger partial charge on any atom is 0.306 e. The Morgan fingerprint density at radius 1 is 0.453 bits per heavy atom. The number of amides is 1. The van der Waals surface area contributed by atoms with E-state index in [-0.39, 0.29) is 31.5 Å². The predicted molar refractivity (Wildman–Crippen MR) is 321 cm³/mol. The third-order valence-corrected chi connectivity index (χ3v) is 15.5. The number of phosphoric ester groups is 1. The minimum atomic E-state index is -4.70. The average Bonchev–Trinajstić information content (AvgIpc) is 3.37. The van der Waals surface area contributed by atoms with E-state index in [1.54, 1.807) is 0 Å². The zero-order valence-electron chi connectivity index (χ0n) is 50.5. The van der Waals surface area contributed by atoms with Crippen LogP contribution < -0.4 is 10.2 Å². The van der Waals surface area contributed by atoms with Crippen molar-refractivity contribution in [1.82, 2.24) is 5.32 Å². The van der Waals surface area contributed by atoms with Crippen molar-refractivity contribution in [3.05, 3.63) is 36.5 Å².